The van der Waals surface area contributed by atoms with E-state index in [2.05, 4.69) is 14.0 Å². The molecule has 70 valence electrons. The molecule has 1 fully saturated rings. The van der Waals surface area contributed by atoms with Crippen molar-refractivity contribution in [2.75, 3.05) is 6.79 Å². The van der Waals surface area contributed by atoms with Crippen LogP contribution in [0.15, 0.2) is 0 Å². The molecule has 0 aromatic heterocycles. The van der Waals surface area contributed by atoms with Crippen LogP contribution in [0.4, 0.5) is 0 Å². The summed E-state index contributed by atoms with van der Waals surface area (Å²) >= 11 is 0. The molecule has 0 saturated heterocycles. The Morgan fingerprint density at radius 3 is 2.58 bits per heavy atom. The first-order chi connectivity index (χ1) is 5.84. The summed E-state index contributed by atoms with van der Waals surface area (Å²) in [6.07, 6.45) is 5.53. The Morgan fingerprint density at radius 1 is 1.33 bits per heavy atom. The molecule has 0 spiro atoms. The molecule has 0 aliphatic heterocycles. The van der Waals surface area contributed by atoms with Crippen LogP contribution in [0.25, 0.3) is 0 Å². The lowest BCUT2D eigenvalue weighted by molar-refractivity contribution is -0.155. The van der Waals surface area contributed by atoms with Crippen LogP contribution in [0.5, 0.6) is 0 Å². The van der Waals surface area contributed by atoms with Gasteiger partial charge in [0.25, 0.3) is 0 Å². The number of rotatable bonds is 3. The maximum absolute atomic E-state index is 11.2. The van der Waals surface area contributed by atoms with Gasteiger partial charge in [0, 0.05) is 9.47 Å². The summed E-state index contributed by atoms with van der Waals surface area (Å²) in [4.78, 5) is 11.2. The molecule has 0 radical (unpaired) electrons. The molecule has 4 heteroatoms. The maximum atomic E-state index is 11.2. The molecule has 1 rings (SSSR count). The van der Waals surface area contributed by atoms with Gasteiger partial charge in [-0.15, -0.1) is 0 Å². The predicted molar refractivity (Wildman–Crippen MR) is 48.3 cm³/mol. The van der Waals surface area contributed by atoms with Crippen LogP contribution in [-0.2, 0) is 14.1 Å². The van der Waals surface area contributed by atoms with Crippen LogP contribution in [0, 0.1) is 5.92 Å². The molecule has 3 nitrogen and oxygen atoms in total. The molecule has 1 atom stereocenters. The number of carbonyl (C=O) groups excluding carboxylic acids is 1. The second kappa shape index (κ2) is 5.50. The van der Waals surface area contributed by atoms with E-state index < -0.39 is 0 Å². The first kappa shape index (κ1) is 9.94. The van der Waals surface area contributed by atoms with Gasteiger partial charge in [0.1, 0.15) is 0 Å². The first-order valence-electron chi connectivity index (χ1n) is 4.33. The molecular formula is C8H15O3P. The highest BCUT2D eigenvalue weighted by atomic mass is 31.0. The third-order valence-corrected chi connectivity index (χ3v) is 2.34. The van der Waals surface area contributed by atoms with Crippen LogP contribution in [0.3, 0.4) is 0 Å². The third kappa shape index (κ3) is 3.08. The Labute approximate surface area is 75.1 Å². The topological polar surface area (TPSA) is 35.5 Å². The van der Waals surface area contributed by atoms with Crippen molar-refractivity contribution < 1.29 is 14.1 Å². The lowest BCUT2D eigenvalue weighted by Gasteiger charge is -2.19. The molecule has 0 bridgehead atoms. The highest BCUT2D eigenvalue weighted by Crippen LogP contribution is 2.24. The molecule has 0 aromatic rings. The van der Waals surface area contributed by atoms with E-state index in [1.807, 2.05) is 0 Å². The monoisotopic (exact) mass is 190 g/mol. The minimum absolute atomic E-state index is 0.0556. The Morgan fingerprint density at radius 2 is 2.00 bits per heavy atom. The van der Waals surface area contributed by atoms with Crippen LogP contribution < -0.4 is 0 Å². The SMILES string of the molecule is O=C(OCOP)C1CCCCC1. The van der Waals surface area contributed by atoms with Gasteiger partial charge in [-0.2, -0.15) is 0 Å². The summed E-state index contributed by atoms with van der Waals surface area (Å²) in [5.41, 5.74) is 0. The molecule has 1 aliphatic rings. The van der Waals surface area contributed by atoms with Gasteiger partial charge in [0.15, 0.2) is 6.79 Å². The Kier molecular flexibility index (Phi) is 4.55. The fraction of sp³-hybridized carbons (Fsp3) is 0.875. The van der Waals surface area contributed by atoms with E-state index in [0.29, 0.717) is 0 Å². The van der Waals surface area contributed by atoms with Crippen molar-refractivity contribution in [3.05, 3.63) is 0 Å². The molecule has 0 N–H and O–H groups in total. The molecule has 1 saturated carbocycles. The van der Waals surface area contributed by atoms with Crippen molar-refractivity contribution in [2.24, 2.45) is 5.92 Å². The normalized spacial score (nSPS) is 19.1. The van der Waals surface area contributed by atoms with E-state index in [4.69, 9.17) is 4.74 Å². The second-order valence-electron chi connectivity index (χ2n) is 3.08. The van der Waals surface area contributed by atoms with E-state index in [0.717, 1.165) is 25.7 Å². The fourth-order valence-corrected chi connectivity index (χ4v) is 1.62. The number of ether oxygens (including phenoxy) is 1. The highest BCUT2D eigenvalue weighted by molar-refractivity contribution is 7.09. The van der Waals surface area contributed by atoms with Crippen molar-refractivity contribution >= 4 is 15.4 Å². The molecule has 0 aromatic carbocycles. The number of esters is 1. The van der Waals surface area contributed by atoms with E-state index in [1.165, 1.54) is 6.42 Å². The van der Waals surface area contributed by atoms with Crippen molar-refractivity contribution in [3.8, 4) is 0 Å². The molecule has 12 heavy (non-hydrogen) atoms. The van der Waals surface area contributed by atoms with E-state index in [1.54, 1.807) is 0 Å². The summed E-state index contributed by atoms with van der Waals surface area (Å²) in [6.45, 7) is 0.0556. The Hall–Kier alpha value is -0.140. The summed E-state index contributed by atoms with van der Waals surface area (Å²) in [5, 5.41) is 0. The van der Waals surface area contributed by atoms with Gasteiger partial charge in [0.2, 0.25) is 0 Å². The van der Waals surface area contributed by atoms with Gasteiger partial charge in [-0.05, 0) is 12.8 Å². The lowest BCUT2D eigenvalue weighted by Crippen LogP contribution is -2.20. The Balaban J connectivity index is 2.20. The number of hydrogen-bond acceptors (Lipinski definition) is 3. The van der Waals surface area contributed by atoms with Crippen LogP contribution in [-0.4, -0.2) is 12.8 Å². The summed E-state index contributed by atoms with van der Waals surface area (Å²) in [6, 6.07) is 0. The van der Waals surface area contributed by atoms with Gasteiger partial charge in [0.05, 0.1) is 5.92 Å². The van der Waals surface area contributed by atoms with Gasteiger partial charge in [-0.25, -0.2) is 0 Å². The smallest absolute Gasteiger partial charge is 0.311 e. The minimum atomic E-state index is -0.0999. The average Bonchev–Trinajstić information content (AvgIpc) is 2.15. The third-order valence-electron chi connectivity index (χ3n) is 2.21. The zero-order valence-corrected chi connectivity index (χ0v) is 8.28. The Bertz CT molecular complexity index is 143. The average molecular weight is 190 g/mol. The van der Waals surface area contributed by atoms with Crippen molar-refractivity contribution in [1.82, 2.24) is 0 Å². The zero-order chi connectivity index (χ0) is 8.81. The summed E-state index contributed by atoms with van der Waals surface area (Å²) < 4.78 is 9.43. The maximum Gasteiger partial charge on any atom is 0.311 e. The second-order valence-corrected chi connectivity index (χ2v) is 3.42. The van der Waals surface area contributed by atoms with Gasteiger partial charge in [-0.1, -0.05) is 19.3 Å². The number of hydrogen-bond donors (Lipinski definition) is 0. The van der Waals surface area contributed by atoms with Crippen LogP contribution >= 0.6 is 9.47 Å². The molecule has 0 heterocycles. The summed E-state index contributed by atoms with van der Waals surface area (Å²) in [7, 11) is 2.06. The minimum Gasteiger partial charge on any atom is -0.438 e. The lowest BCUT2D eigenvalue weighted by atomic mass is 9.89. The van der Waals surface area contributed by atoms with Gasteiger partial charge < -0.3 is 9.26 Å². The van der Waals surface area contributed by atoms with Gasteiger partial charge >= 0.3 is 5.97 Å². The fourth-order valence-electron chi connectivity index (χ4n) is 1.55. The molecular weight excluding hydrogens is 175 g/mol. The zero-order valence-electron chi connectivity index (χ0n) is 7.12. The predicted octanol–water partition coefficient (Wildman–Crippen LogP) is 1.87. The highest BCUT2D eigenvalue weighted by Gasteiger charge is 2.21. The molecule has 1 aliphatic carbocycles. The van der Waals surface area contributed by atoms with Crippen LogP contribution in [0.2, 0.25) is 0 Å². The van der Waals surface area contributed by atoms with Crippen LogP contribution in [0.1, 0.15) is 32.1 Å². The largest absolute Gasteiger partial charge is 0.438 e. The van der Waals surface area contributed by atoms with E-state index >= 15 is 0 Å². The quantitative estimate of drug-likeness (QED) is 0.387. The number of carbonyl (C=O) groups is 1. The van der Waals surface area contributed by atoms with E-state index in [9.17, 15) is 4.79 Å². The van der Waals surface area contributed by atoms with E-state index in [-0.39, 0.29) is 18.7 Å². The molecule has 0 amide bonds. The van der Waals surface area contributed by atoms with Crippen molar-refractivity contribution in [3.63, 3.8) is 0 Å². The summed E-state index contributed by atoms with van der Waals surface area (Å²) in [5.74, 6) is 0.0241. The standard InChI is InChI=1S/C8H15O3P/c9-8(10-6-11-12)7-4-2-1-3-5-7/h7H,1-6,12H2. The van der Waals surface area contributed by atoms with Crippen molar-refractivity contribution in [1.29, 1.82) is 0 Å². The van der Waals surface area contributed by atoms with Crippen molar-refractivity contribution in [2.45, 2.75) is 32.1 Å². The first-order valence-corrected chi connectivity index (χ1v) is 4.80. The van der Waals surface area contributed by atoms with Gasteiger partial charge in [-0.3, -0.25) is 4.79 Å². The molecule has 1 unspecified atom stereocenters.